The summed E-state index contributed by atoms with van der Waals surface area (Å²) < 4.78 is 7.50. The van der Waals surface area contributed by atoms with Crippen molar-refractivity contribution in [2.24, 2.45) is 0 Å². The SMILES string of the molecule is [B]c1cn2c(n1)COCC2CC. The van der Waals surface area contributed by atoms with Gasteiger partial charge in [0.1, 0.15) is 20.3 Å². The minimum absolute atomic E-state index is 0.415. The summed E-state index contributed by atoms with van der Waals surface area (Å²) in [4.78, 5) is 4.17. The molecule has 0 N–H and O–H groups in total. The van der Waals surface area contributed by atoms with E-state index in [1.165, 1.54) is 0 Å². The second-order valence-electron chi connectivity index (χ2n) is 3.07. The largest absolute Gasteiger partial charge is 0.371 e. The number of aromatic nitrogens is 2. The fourth-order valence-electron chi connectivity index (χ4n) is 1.56. The average molecular weight is 162 g/mol. The van der Waals surface area contributed by atoms with E-state index in [4.69, 9.17) is 12.6 Å². The molecule has 0 bridgehead atoms. The van der Waals surface area contributed by atoms with E-state index in [1.807, 2.05) is 6.20 Å². The van der Waals surface area contributed by atoms with E-state index in [1.54, 1.807) is 0 Å². The molecule has 2 heterocycles. The van der Waals surface area contributed by atoms with E-state index in [-0.39, 0.29) is 0 Å². The Balaban J connectivity index is 2.36. The smallest absolute Gasteiger partial charge is 0.143 e. The molecule has 62 valence electrons. The molecule has 1 aromatic heterocycles. The molecule has 0 saturated heterocycles. The van der Waals surface area contributed by atoms with Gasteiger partial charge in [-0.2, -0.15) is 0 Å². The third kappa shape index (κ3) is 1.16. The number of hydrogen-bond acceptors (Lipinski definition) is 2. The van der Waals surface area contributed by atoms with Crippen LogP contribution in [-0.2, 0) is 11.3 Å². The highest BCUT2D eigenvalue weighted by Crippen LogP contribution is 2.18. The van der Waals surface area contributed by atoms with Crippen molar-refractivity contribution in [2.45, 2.75) is 26.0 Å². The van der Waals surface area contributed by atoms with E-state index < -0.39 is 0 Å². The van der Waals surface area contributed by atoms with Crippen LogP contribution in [0.25, 0.3) is 0 Å². The van der Waals surface area contributed by atoms with E-state index in [0.29, 0.717) is 18.2 Å². The van der Waals surface area contributed by atoms with Gasteiger partial charge in [-0.1, -0.05) is 6.92 Å². The van der Waals surface area contributed by atoms with Crippen molar-refractivity contribution in [1.82, 2.24) is 9.55 Å². The molecule has 0 fully saturated rings. The predicted molar refractivity (Wildman–Crippen MR) is 46.6 cm³/mol. The van der Waals surface area contributed by atoms with Gasteiger partial charge in [0.25, 0.3) is 0 Å². The predicted octanol–water partition coefficient (Wildman–Crippen LogP) is 0.158. The van der Waals surface area contributed by atoms with Crippen LogP contribution in [0.3, 0.4) is 0 Å². The van der Waals surface area contributed by atoms with Crippen molar-refractivity contribution in [1.29, 1.82) is 0 Å². The third-order valence-electron chi connectivity index (χ3n) is 2.23. The zero-order chi connectivity index (χ0) is 8.55. The Bertz CT molecular complexity index is 285. The maximum Gasteiger partial charge on any atom is 0.143 e. The molecule has 12 heavy (non-hydrogen) atoms. The molecule has 0 spiro atoms. The standard InChI is InChI=1S/C8H11BN2O/c1-2-6-4-12-5-8-10-7(9)3-11(6)8/h3,6H,2,4-5H2,1H3. The monoisotopic (exact) mass is 162 g/mol. The molecular weight excluding hydrogens is 151 g/mol. The minimum Gasteiger partial charge on any atom is -0.371 e. The lowest BCUT2D eigenvalue weighted by molar-refractivity contribution is 0.0536. The van der Waals surface area contributed by atoms with Crippen molar-refractivity contribution in [3.63, 3.8) is 0 Å². The number of imidazole rings is 1. The van der Waals surface area contributed by atoms with Gasteiger partial charge in [-0.3, -0.25) is 0 Å². The Labute approximate surface area is 73.2 Å². The lowest BCUT2D eigenvalue weighted by Crippen LogP contribution is -2.22. The van der Waals surface area contributed by atoms with Gasteiger partial charge in [-0.25, -0.2) is 4.98 Å². The van der Waals surface area contributed by atoms with Gasteiger partial charge < -0.3 is 9.30 Å². The summed E-state index contributed by atoms with van der Waals surface area (Å²) >= 11 is 0. The van der Waals surface area contributed by atoms with Gasteiger partial charge in [0, 0.05) is 11.8 Å². The molecule has 0 amide bonds. The van der Waals surface area contributed by atoms with Gasteiger partial charge in [-0.05, 0) is 6.42 Å². The van der Waals surface area contributed by atoms with Crippen LogP contribution >= 0.6 is 0 Å². The number of hydrogen-bond donors (Lipinski definition) is 0. The lowest BCUT2D eigenvalue weighted by atomic mass is 10.1. The maximum absolute atomic E-state index is 5.59. The summed E-state index contributed by atoms with van der Waals surface area (Å²) in [6, 6.07) is 0.415. The molecule has 1 unspecified atom stereocenters. The molecule has 2 radical (unpaired) electrons. The Kier molecular flexibility index (Phi) is 1.93. The highest BCUT2D eigenvalue weighted by atomic mass is 16.5. The first-order valence-electron chi connectivity index (χ1n) is 4.22. The summed E-state index contributed by atoms with van der Waals surface area (Å²) in [7, 11) is 5.59. The lowest BCUT2D eigenvalue weighted by Gasteiger charge is -2.23. The fourth-order valence-corrected chi connectivity index (χ4v) is 1.56. The zero-order valence-corrected chi connectivity index (χ0v) is 7.16. The van der Waals surface area contributed by atoms with E-state index in [9.17, 15) is 0 Å². The first-order chi connectivity index (χ1) is 5.81. The molecule has 4 heteroatoms. The minimum atomic E-state index is 0.415. The first-order valence-corrected chi connectivity index (χ1v) is 4.22. The topological polar surface area (TPSA) is 27.1 Å². The Morgan fingerprint density at radius 3 is 3.42 bits per heavy atom. The molecule has 1 aromatic rings. The zero-order valence-electron chi connectivity index (χ0n) is 7.16. The van der Waals surface area contributed by atoms with E-state index in [0.717, 1.165) is 18.9 Å². The van der Waals surface area contributed by atoms with Crippen LogP contribution in [0.2, 0.25) is 0 Å². The number of ether oxygens (including phenoxy) is 1. The number of nitrogens with zero attached hydrogens (tertiary/aromatic N) is 2. The summed E-state index contributed by atoms with van der Waals surface area (Å²) in [5.74, 6) is 0.950. The van der Waals surface area contributed by atoms with Crippen LogP contribution in [-0.4, -0.2) is 24.0 Å². The molecule has 0 aliphatic carbocycles. The first kappa shape index (κ1) is 7.86. The Hall–Kier alpha value is -0.765. The van der Waals surface area contributed by atoms with Crippen molar-refractivity contribution in [2.75, 3.05) is 6.61 Å². The summed E-state index contributed by atoms with van der Waals surface area (Å²) in [5, 5.41) is 0. The summed E-state index contributed by atoms with van der Waals surface area (Å²) in [5.41, 5.74) is 0.592. The number of fused-ring (bicyclic) bond motifs is 1. The van der Waals surface area contributed by atoms with Crippen LogP contribution in [0.15, 0.2) is 6.20 Å². The molecule has 2 rings (SSSR count). The summed E-state index contributed by atoms with van der Waals surface area (Å²) in [6.45, 7) is 3.51. The molecule has 0 saturated carbocycles. The van der Waals surface area contributed by atoms with Crippen LogP contribution in [0, 0.1) is 0 Å². The Morgan fingerprint density at radius 1 is 1.83 bits per heavy atom. The Morgan fingerprint density at radius 2 is 2.67 bits per heavy atom. The van der Waals surface area contributed by atoms with Crippen LogP contribution in [0.5, 0.6) is 0 Å². The highest BCUT2D eigenvalue weighted by Gasteiger charge is 2.18. The van der Waals surface area contributed by atoms with Crippen LogP contribution < -0.4 is 5.59 Å². The fraction of sp³-hybridized carbons (Fsp3) is 0.625. The molecule has 1 atom stereocenters. The number of rotatable bonds is 1. The third-order valence-corrected chi connectivity index (χ3v) is 2.23. The molecule has 0 aromatic carbocycles. The van der Waals surface area contributed by atoms with Crippen molar-refractivity contribution >= 4 is 13.4 Å². The average Bonchev–Trinajstić information content (AvgIpc) is 2.44. The quantitative estimate of drug-likeness (QED) is 0.550. The van der Waals surface area contributed by atoms with Crippen molar-refractivity contribution in [3.8, 4) is 0 Å². The van der Waals surface area contributed by atoms with E-state index >= 15 is 0 Å². The van der Waals surface area contributed by atoms with Gasteiger partial charge in [0.05, 0.1) is 12.6 Å². The highest BCUT2D eigenvalue weighted by molar-refractivity contribution is 6.30. The van der Waals surface area contributed by atoms with Crippen molar-refractivity contribution < 1.29 is 4.74 Å². The molecule has 3 nitrogen and oxygen atoms in total. The molecule has 1 aliphatic heterocycles. The molecule has 1 aliphatic rings. The van der Waals surface area contributed by atoms with Gasteiger partial charge in [-0.15, -0.1) is 0 Å². The maximum atomic E-state index is 5.59. The second-order valence-corrected chi connectivity index (χ2v) is 3.07. The van der Waals surface area contributed by atoms with Gasteiger partial charge in [0.15, 0.2) is 0 Å². The second kappa shape index (κ2) is 2.94. The summed E-state index contributed by atoms with van der Waals surface area (Å²) in [6.07, 6.45) is 2.95. The molecular formula is C8H11BN2O. The van der Waals surface area contributed by atoms with E-state index in [2.05, 4.69) is 16.5 Å². The van der Waals surface area contributed by atoms with Crippen molar-refractivity contribution in [3.05, 3.63) is 12.0 Å². The van der Waals surface area contributed by atoms with Gasteiger partial charge >= 0.3 is 0 Å². The van der Waals surface area contributed by atoms with Crippen LogP contribution in [0.1, 0.15) is 25.2 Å². The van der Waals surface area contributed by atoms with Crippen LogP contribution in [0.4, 0.5) is 0 Å². The van der Waals surface area contributed by atoms with Gasteiger partial charge in [0.2, 0.25) is 0 Å². The normalized spacial score (nSPS) is 22.2.